The Hall–Kier alpha value is -2.47. The first kappa shape index (κ1) is 16.5. The minimum absolute atomic E-state index is 0.183. The van der Waals surface area contributed by atoms with E-state index in [1.165, 1.54) is 37.7 Å². The van der Waals surface area contributed by atoms with Gasteiger partial charge in [0.05, 0.1) is 17.9 Å². The molecule has 2 aliphatic carbocycles. The lowest BCUT2D eigenvalue weighted by molar-refractivity contribution is 0.0844. The van der Waals surface area contributed by atoms with Crippen molar-refractivity contribution in [1.29, 1.82) is 0 Å². The number of ether oxygens (including phenoxy) is 1. The molecule has 3 heterocycles. The van der Waals surface area contributed by atoms with E-state index in [9.17, 15) is 0 Å². The Morgan fingerprint density at radius 3 is 2.82 bits per heavy atom. The number of hydrogen-bond donors (Lipinski definition) is 2. The van der Waals surface area contributed by atoms with E-state index in [0.717, 1.165) is 35.4 Å². The van der Waals surface area contributed by atoms with Crippen LogP contribution in [0.15, 0.2) is 30.6 Å². The highest BCUT2D eigenvalue weighted by molar-refractivity contribution is 5.92. The molecule has 1 spiro atoms. The minimum atomic E-state index is 0.183. The van der Waals surface area contributed by atoms with Gasteiger partial charge in [-0.1, -0.05) is 13.0 Å². The Labute approximate surface area is 164 Å². The summed E-state index contributed by atoms with van der Waals surface area (Å²) in [7, 11) is 0. The molecule has 2 saturated carbocycles. The molecule has 1 saturated heterocycles. The Kier molecular flexibility index (Phi) is 3.39. The van der Waals surface area contributed by atoms with Crippen molar-refractivity contribution in [3.05, 3.63) is 36.2 Å². The first-order chi connectivity index (χ1) is 13.7. The van der Waals surface area contributed by atoms with E-state index in [0.29, 0.717) is 16.7 Å². The molecular weight excluding hydrogens is 350 g/mol. The van der Waals surface area contributed by atoms with Crippen LogP contribution in [0.1, 0.15) is 44.6 Å². The number of benzene rings is 1. The Bertz CT molecular complexity index is 1050. The normalized spacial score (nSPS) is 24.4. The second-order valence-electron chi connectivity index (χ2n) is 9.06. The van der Waals surface area contributed by atoms with Crippen LogP contribution in [-0.2, 0) is 5.41 Å². The molecule has 0 amide bonds. The summed E-state index contributed by atoms with van der Waals surface area (Å²) in [6.45, 7) is 4.30. The van der Waals surface area contributed by atoms with Gasteiger partial charge in [-0.05, 0) is 61.8 Å². The Balaban J connectivity index is 1.34. The van der Waals surface area contributed by atoms with Crippen molar-refractivity contribution in [2.24, 2.45) is 5.41 Å². The molecule has 3 aromatic rings. The zero-order valence-electron chi connectivity index (χ0n) is 16.2. The molecule has 1 atom stereocenters. The monoisotopic (exact) mass is 375 g/mol. The zero-order valence-corrected chi connectivity index (χ0v) is 16.2. The fraction of sp³-hybridized carbons (Fsp3) is 0.500. The van der Waals surface area contributed by atoms with E-state index in [1.807, 2.05) is 0 Å². The van der Waals surface area contributed by atoms with Gasteiger partial charge in [0.25, 0.3) is 0 Å². The van der Waals surface area contributed by atoms with Crippen molar-refractivity contribution in [3.63, 3.8) is 0 Å². The maximum absolute atomic E-state index is 6.30. The molecule has 2 N–H and O–H groups in total. The third-order valence-electron chi connectivity index (χ3n) is 7.08. The molecule has 3 aliphatic rings. The highest BCUT2D eigenvalue weighted by atomic mass is 16.5. The molecule has 0 bridgehead atoms. The van der Waals surface area contributed by atoms with Gasteiger partial charge in [0, 0.05) is 17.3 Å². The lowest BCUT2D eigenvalue weighted by Crippen LogP contribution is -2.45. The predicted molar refractivity (Wildman–Crippen MR) is 107 cm³/mol. The fourth-order valence-electron chi connectivity index (χ4n) is 4.57. The highest BCUT2D eigenvalue weighted by Crippen LogP contribution is 2.53. The van der Waals surface area contributed by atoms with Crippen molar-refractivity contribution < 1.29 is 4.74 Å². The summed E-state index contributed by atoms with van der Waals surface area (Å²) in [6.07, 6.45) is 9.91. The van der Waals surface area contributed by atoms with Crippen LogP contribution in [-0.4, -0.2) is 39.4 Å². The van der Waals surface area contributed by atoms with Gasteiger partial charge in [-0.15, -0.1) is 0 Å². The third-order valence-corrected chi connectivity index (χ3v) is 7.08. The average molecular weight is 375 g/mol. The largest absolute Gasteiger partial charge is 0.471 e. The molecule has 0 unspecified atom stereocenters. The van der Waals surface area contributed by atoms with Gasteiger partial charge in [0.2, 0.25) is 5.88 Å². The number of nitrogens with zero attached hydrogens (tertiary/aromatic N) is 3. The molecule has 6 heteroatoms. The number of aromatic amines is 1. The van der Waals surface area contributed by atoms with Gasteiger partial charge in [0.1, 0.15) is 17.5 Å². The van der Waals surface area contributed by atoms with Crippen LogP contribution in [0.25, 0.3) is 22.3 Å². The number of piperidine rings is 1. The van der Waals surface area contributed by atoms with Gasteiger partial charge in [0.15, 0.2) is 0 Å². The maximum Gasteiger partial charge on any atom is 0.233 e. The molecule has 3 fully saturated rings. The molecule has 1 aromatic carbocycles. The quantitative estimate of drug-likeness (QED) is 0.729. The number of rotatable bonds is 4. The van der Waals surface area contributed by atoms with Crippen LogP contribution in [0, 0.1) is 5.41 Å². The van der Waals surface area contributed by atoms with Crippen LogP contribution in [0.2, 0.25) is 0 Å². The van der Waals surface area contributed by atoms with Gasteiger partial charge < -0.3 is 10.1 Å². The Morgan fingerprint density at radius 2 is 2.00 bits per heavy atom. The average Bonchev–Trinajstić information content (AvgIpc) is 3.62. The van der Waals surface area contributed by atoms with Crippen LogP contribution >= 0.6 is 0 Å². The maximum atomic E-state index is 6.30. The van der Waals surface area contributed by atoms with E-state index in [1.54, 1.807) is 12.4 Å². The lowest BCUT2D eigenvalue weighted by atomic mass is 9.92. The highest BCUT2D eigenvalue weighted by Gasteiger charge is 2.52. The number of aromatic nitrogens is 4. The molecule has 6 nitrogen and oxygen atoms in total. The van der Waals surface area contributed by atoms with Gasteiger partial charge in [-0.2, -0.15) is 5.10 Å². The van der Waals surface area contributed by atoms with Crippen molar-refractivity contribution >= 4 is 10.9 Å². The number of fused-ring (bicyclic) bond motifs is 1. The molecule has 6 rings (SSSR count). The topological polar surface area (TPSA) is 75.7 Å². The molecule has 2 aromatic heterocycles. The first-order valence-corrected chi connectivity index (χ1v) is 10.3. The summed E-state index contributed by atoms with van der Waals surface area (Å²) in [4.78, 5) is 9.17. The lowest BCUT2D eigenvalue weighted by Gasteiger charge is -2.32. The van der Waals surface area contributed by atoms with Gasteiger partial charge in [-0.25, -0.2) is 4.98 Å². The molecule has 1 aliphatic heterocycles. The molecule has 28 heavy (non-hydrogen) atoms. The number of H-pyrrole nitrogens is 1. The van der Waals surface area contributed by atoms with E-state index in [2.05, 4.69) is 45.6 Å². The summed E-state index contributed by atoms with van der Waals surface area (Å²) in [6, 6.07) is 6.61. The van der Waals surface area contributed by atoms with Crippen molar-refractivity contribution in [3.8, 4) is 17.3 Å². The predicted octanol–water partition coefficient (Wildman–Crippen LogP) is 3.59. The SMILES string of the molecule is CC1(c2ccc3[nH]nc(-c4cncc(O[C@H]5CNCCC56CC6)n4)c3c2)CC1. The van der Waals surface area contributed by atoms with E-state index >= 15 is 0 Å². The second-order valence-corrected chi connectivity index (χ2v) is 9.06. The zero-order chi connectivity index (χ0) is 18.8. The van der Waals surface area contributed by atoms with E-state index < -0.39 is 0 Å². The Morgan fingerprint density at radius 1 is 1.11 bits per heavy atom. The molecular formula is C22H25N5O. The van der Waals surface area contributed by atoms with Crippen LogP contribution in [0.3, 0.4) is 0 Å². The van der Waals surface area contributed by atoms with Crippen molar-refractivity contribution in [2.45, 2.75) is 50.5 Å². The number of nitrogens with one attached hydrogen (secondary N) is 2. The fourth-order valence-corrected chi connectivity index (χ4v) is 4.57. The summed E-state index contributed by atoms with van der Waals surface area (Å²) < 4.78 is 6.30. The van der Waals surface area contributed by atoms with Crippen molar-refractivity contribution in [2.75, 3.05) is 13.1 Å². The smallest absolute Gasteiger partial charge is 0.233 e. The van der Waals surface area contributed by atoms with Crippen LogP contribution < -0.4 is 10.1 Å². The number of hydrogen-bond acceptors (Lipinski definition) is 5. The minimum Gasteiger partial charge on any atom is -0.471 e. The third kappa shape index (κ3) is 2.62. The second kappa shape index (κ2) is 5.77. The van der Waals surface area contributed by atoms with E-state index in [4.69, 9.17) is 9.72 Å². The summed E-state index contributed by atoms with van der Waals surface area (Å²) in [5.41, 5.74) is 4.71. The summed E-state index contributed by atoms with van der Waals surface area (Å²) in [5.74, 6) is 0.596. The van der Waals surface area contributed by atoms with Crippen LogP contribution in [0.4, 0.5) is 0 Å². The standard InChI is InChI=1S/C22H25N5O/c1-21(4-5-21)14-2-3-16-15(10-14)20(27-26-16)17-11-24-13-19(25-17)28-18-12-23-9-8-22(18)6-7-22/h2-3,10-11,13,18,23H,4-9,12H2,1H3,(H,26,27)/t18-/m0/s1. The summed E-state index contributed by atoms with van der Waals surface area (Å²) >= 11 is 0. The van der Waals surface area contributed by atoms with Gasteiger partial charge in [-0.3, -0.25) is 10.1 Å². The van der Waals surface area contributed by atoms with Crippen LogP contribution in [0.5, 0.6) is 5.88 Å². The van der Waals surface area contributed by atoms with E-state index in [-0.39, 0.29) is 6.10 Å². The van der Waals surface area contributed by atoms with Crippen molar-refractivity contribution in [1.82, 2.24) is 25.5 Å². The molecule has 144 valence electrons. The van der Waals surface area contributed by atoms with Gasteiger partial charge >= 0.3 is 0 Å². The summed E-state index contributed by atoms with van der Waals surface area (Å²) in [5, 5.41) is 12.2. The first-order valence-electron chi connectivity index (χ1n) is 10.3. The molecule has 0 radical (unpaired) electrons.